The summed E-state index contributed by atoms with van der Waals surface area (Å²) in [5, 5.41) is 4.48. The van der Waals surface area contributed by atoms with Crippen LogP contribution in [0.3, 0.4) is 0 Å². The Morgan fingerprint density at radius 2 is 2.21 bits per heavy atom. The van der Waals surface area contributed by atoms with Crippen molar-refractivity contribution in [3.63, 3.8) is 0 Å². The quantitative estimate of drug-likeness (QED) is 0.914. The van der Waals surface area contributed by atoms with Crippen LogP contribution in [0.15, 0.2) is 30.3 Å². The first-order chi connectivity index (χ1) is 9.28. The number of nitrogens with one attached hydrogen (secondary N) is 1. The van der Waals surface area contributed by atoms with E-state index in [1.165, 1.54) is 17.4 Å². The summed E-state index contributed by atoms with van der Waals surface area (Å²) in [6.45, 7) is 5.45. The first-order valence-corrected chi connectivity index (χ1v) is 7.06. The Balaban J connectivity index is 2.07. The molecule has 19 heavy (non-hydrogen) atoms. The van der Waals surface area contributed by atoms with Gasteiger partial charge in [0.25, 0.3) is 0 Å². The number of rotatable bonds is 3. The van der Waals surface area contributed by atoms with Gasteiger partial charge in [-0.1, -0.05) is 25.1 Å². The molecule has 1 aromatic carbocycles. The first-order valence-electron chi connectivity index (χ1n) is 7.06. The van der Waals surface area contributed by atoms with E-state index in [1.54, 1.807) is 0 Å². The molecule has 100 valence electrons. The molecule has 1 aliphatic heterocycles. The topological polar surface area (TPSA) is 28.2 Å². The summed E-state index contributed by atoms with van der Waals surface area (Å²) in [7, 11) is 1.99. The molecule has 1 atom stereocenters. The fourth-order valence-corrected chi connectivity index (χ4v) is 2.87. The highest BCUT2D eigenvalue weighted by Gasteiger charge is 2.22. The normalized spacial score (nSPS) is 19.3. The van der Waals surface area contributed by atoms with Crippen LogP contribution in [0.1, 0.15) is 18.9 Å². The minimum atomic E-state index is 0.774. The van der Waals surface area contributed by atoms with Crippen LogP contribution in [0, 0.1) is 5.92 Å². The average Bonchev–Trinajstić information content (AvgIpc) is 2.85. The number of hydrogen-bond acceptors (Lipinski definition) is 3. The van der Waals surface area contributed by atoms with Crippen LogP contribution in [0.4, 0.5) is 5.82 Å². The van der Waals surface area contributed by atoms with E-state index in [1.807, 2.05) is 7.05 Å². The van der Waals surface area contributed by atoms with Crippen LogP contribution in [-0.4, -0.2) is 25.1 Å². The van der Waals surface area contributed by atoms with Crippen molar-refractivity contribution >= 4 is 16.7 Å². The Morgan fingerprint density at radius 3 is 2.95 bits per heavy atom. The molecule has 0 amide bonds. The van der Waals surface area contributed by atoms with E-state index in [0.29, 0.717) is 0 Å². The second-order valence-corrected chi connectivity index (χ2v) is 5.53. The van der Waals surface area contributed by atoms with Crippen molar-refractivity contribution in [3.05, 3.63) is 35.9 Å². The maximum atomic E-state index is 4.90. The molecule has 0 spiro atoms. The van der Waals surface area contributed by atoms with Crippen molar-refractivity contribution in [3.8, 4) is 0 Å². The third kappa shape index (κ3) is 2.43. The van der Waals surface area contributed by atoms with E-state index in [9.17, 15) is 0 Å². The lowest BCUT2D eigenvalue weighted by Crippen LogP contribution is -2.23. The van der Waals surface area contributed by atoms with Gasteiger partial charge in [-0.2, -0.15) is 0 Å². The average molecular weight is 255 g/mol. The minimum Gasteiger partial charge on any atom is -0.356 e. The summed E-state index contributed by atoms with van der Waals surface area (Å²) < 4.78 is 0. The molecule has 1 N–H and O–H groups in total. The highest BCUT2D eigenvalue weighted by Crippen LogP contribution is 2.28. The third-order valence-electron chi connectivity index (χ3n) is 3.87. The van der Waals surface area contributed by atoms with Gasteiger partial charge in [-0.25, -0.2) is 4.98 Å². The van der Waals surface area contributed by atoms with Crippen molar-refractivity contribution in [2.75, 3.05) is 25.0 Å². The molecule has 2 aromatic rings. The summed E-state index contributed by atoms with van der Waals surface area (Å²) in [6.07, 6.45) is 1.27. The summed E-state index contributed by atoms with van der Waals surface area (Å²) in [5.41, 5.74) is 2.40. The van der Waals surface area contributed by atoms with E-state index in [0.717, 1.165) is 36.9 Å². The summed E-state index contributed by atoms with van der Waals surface area (Å²) in [4.78, 5) is 7.33. The lowest BCUT2D eigenvalue weighted by Gasteiger charge is -2.21. The molecule has 2 heterocycles. The number of pyridine rings is 1. The van der Waals surface area contributed by atoms with Crippen LogP contribution in [0.5, 0.6) is 0 Å². The Morgan fingerprint density at radius 1 is 1.37 bits per heavy atom. The van der Waals surface area contributed by atoms with Gasteiger partial charge in [0.15, 0.2) is 0 Å². The molecule has 0 radical (unpaired) electrons. The van der Waals surface area contributed by atoms with Gasteiger partial charge in [-0.05, 0) is 31.5 Å². The number of para-hydroxylation sites is 1. The second-order valence-electron chi connectivity index (χ2n) is 5.53. The molecule has 1 unspecified atom stereocenters. The van der Waals surface area contributed by atoms with Gasteiger partial charge in [0, 0.05) is 30.6 Å². The zero-order chi connectivity index (χ0) is 13.2. The van der Waals surface area contributed by atoms with Gasteiger partial charge in [0.2, 0.25) is 0 Å². The molecule has 0 saturated carbocycles. The maximum absolute atomic E-state index is 4.90. The van der Waals surface area contributed by atoms with Crippen LogP contribution in [0.2, 0.25) is 0 Å². The van der Waals surface area contributed by atoms with E-state index in [-0.39, 0.29) is 0 Å². The number of fused-ring (bicyclic) bond motifs is 1. The lowest BCUT2D eigenvalue weighted by molar-refractivity contribution is 0.658. The predicted molar refractivity (Wildman–Crippen MR) is 80.5 cm³/mol. The van der Waals surface area contributed by atoms with Gasteiger partial charge in [-0.15, -0.1) is 0 Å². The molecule has 1 fully saturated rings. The standard InChI is InChI=1S/C16H21N3/c1-12-7-8-19(11-12)16-14(10-17-2)9-13-5-3-4-6-15(13)18-16/h3-6,9,12,17H,7-8,10-11H2,1-2H3. The molecule has 1 aliphatic rings. The highest BCUT2D eigenvalue weighted by atomic mass is 15.2. The molecule has 3 rings (SSSR count). The highest BCUT2D eigenvalue weighted by molar-refractivity contribution is 5.81. The summed E-state index contributed by atoms with van der Waals surface area (Å²) in [5.74, 6) is 1.94. The number of nitrogens with zero attached hydrogens (tertiary/aromatic N) is 2. The molecule has 0 bridgehead atoms. The number of benzene rings is 1. The SMILES string of the molecule is CNCc1cc2ccccc2nc1N1CCC(C)C1. The number of aromatic nitrogens is 1. The second kappa shape index (κ2) is 5.17. The van der Waals surface area contributed by atoms with E-state index in [2.05, 4.69) is 47.5 Å². The van der Waals surface area contributed by atoms with Crippen molar-refractivity contribution < 1.29 is 0 Å². The third-order valence-corrected chi connectivity index (χ3v) is 3.87. The fourth-order valence-electron chi connectivity index (χ4n) is 2.87. The van der Waals surface area contributed by atoms with Crippen molar-refractivity contribution in [1.29, 1.82) is 0 Å². The summed E-state index contributed by atoms with van der Waals surface area (Å²) >= 11 is 0. The molecular weight excluding hydrogens is 234 g/mol. The Kier molecular flexibility index (Phi) is 3.38. The molecule has 1 saturated heterocycles. The largest absolute Gasteiger partial charge is 0.356 e. The molecule has 1 aromatic heterocycles. The van der Waals surface area contributed by atoms with E-state index >= 15 is 0 Å². The van der Waals surface area contributed by atoms with Crippen LogP contribution < -0.4 is 10.2 Å². The Labute approximate surface area is 114 Å². The minimum absolute atomic E-state index is 0.774. The molecule has 3 nitrogen and oxygen atoms in total. The van der Waals surface area contributed by atoms with E-state index in [4.69, 9.17) is 4.98 Å². The summed E-state index contributed by atoms with van der Waals surface area (Å²) in [6, 6.07) is 10.6. The predicted octanol–water partition coefficient (Wildman–Crippen LogP) is 2.80. The maximum Gasteiger partial charge on any atom is 0.133 e. The Hall–Kier alpha value is -1.61. The van der Waals surface area contributed by atoms with Crippen LogP contribution in [-0.2, 0) is 6.54 Å². The first kappa shape index (κ1) is 12.4. The van der Waals surface area contributed by atoms with Gasteiger partial charge >= 0.3 is 0 Å². The molecular formula is C16H21N3. The smallest absolute Gasteiger partial charge is 0.133 e. The van der Waals surface area contributed by atoms with Crippen molar-refractivity contribution in [2.45, 2.75) is 19.9 Å². The van der Waals surface area contributed by atoms with Crippen LogP contribution >= 0.6 is 0 Å². The molecule has 3 heteroatoms. The van der Waals surface area contributed by atoms with Gasteiger partial charge in [0.05, 0.1) is 5.52 Å². The fraction of sp³-hybridized carbons (Fsp3) is 0.438. The lowest BCUT2D eigenvalue weighted by atomic mass is 10.1. The van der Waals surface area contributed by atoms with E-state index < -0.39 is 0 Å². The zero-order valence-electron chi connectivity index (χ0n) is 11.7. The zero-order valence-corrected chi connectivity index (χ0v) is 11.7. The van der Waals surface area contributed by atoms with Gasteiger partial charge in [-0.3, -0.25) is 0 Å². The molecule has 0 aliphatic carbocycles. The van der Waals surface area contributed by atoms with Crippen molar-refractivity contribution in [2.24, 2.45) is 5.92 Å². The number of anilines is 1. The van der Waals surface area contributed by atoms with Crippen molar-refractivity contribution in [1.82, 2.24) is 10.3 Å². The van der Waals surface area contributed by atoms with Gasteiger partial charge in [0.1, 0.15) is 5.82 Å². The monoisotopic (exact) mass is 255 g/mol. The van der Waals surface area contributed by atoms with Gasteiger partial charge < -0.3 is 10.2 Å². The Bertz CT molecular complexity index is 579. The number of hydrogen-bond donors (Lipinski definition) is 1. The van der Waals surface area contributed by atoms with Crippen LogP contribution in [0.25, 0.3) is 10.9 Å².